The molecule has 0 fully saturated rings. The van der Waals surface area contributed by atoms with Crippen molar-refractivity contribution < 1.29 is 20.7 Å². The Balaban J connectivity index is 1.98. The SMILES string of the molecule is CC(C)C(C)Cc1ccc(NS(=O)(=O)c2ccc(S(=O)(=O)F)cc2)c2[nH]cc(Cl)c12. The number of fused-ring (bicyclic) bond motifs is 1. The van der Waals surface area contributed by atoms with Crippen LogP contribution in [0.5, 0.6) is 0 Å². The number of aromatic nitrogens is 1. The molecule has 2 N–H and O–H groups in total. The zero-order valence-electron chi connectivity index (χ0n) is 16.6. The Kier molecular flexibility index (Phi) is 6.18. The fourth-order valence-electron chi connectivity index (χ4n) is 3.10. The van der Waals surface area contributed by atoms with Crippen LogP contribution in [0.1, 0.15) is 26.3 Å². The number of hydrogen-bond acceptors (Lipinski definition) is 4. The van der Waals surface area contributed by atoms with Gasteiger partial charge in [-0.3, -0.25) is 4.72 Å². The lowest BCUT2D eigenvalue weighted by atomic mass is 9.90. The number of sulfonamides is 1. The van der Waals surface area contributed by atoms with Crippen LogP contribution in [0.3, 0.4) is 0 Å². The number of rotatable bonds is 7. The van der Waals surface area contributed by atoms with Crippen LogP contribution in [0.4, 0.5) is 9.57 Å². The molecular formula is C20H22ClFN2O4S2. The fraction of sp³-hybridized carbons (Fsp3) is 0.300. The standard InChI is InChI=1S/C20H22ClFN2O4S2/c1-12(2)13(3)10-14-4-9-18(20-19(14)17(21)11-23-20)24-30(27,28)16-7-5-15(6-8-16)29(22,25)26/h4-9,11-13,23-24H,10H2,1-3H3. The van der Waals surface area contributed by atoms with Crippen LogP contribution in [0, 0.1) is 11.8 Å². The van der Waals surface area contributed by atoms with E-state index in [2.05, 4.69) is 30.5 Å². The molecule has 0 amide bonds. The van der Waals surface area contributed by atoms with Gasteiger partial charge in [0, 0.05) is 11.6 Å². The summed E-state index contributed by atoms with van der Waals surface area (Å²) < 4.78 is 62.9. The molecule has 162 valence electrons. The minimum absolute atomic E-state index is 0.196. The van der Waals surface area contributed by atoms with E-state index < -0.39 is 25.1 Å². The largest absolute Gasteiger partial charge is 0.358 e. The molecule has 6 nitrogen and oxygen atoms in total. The van der Waals surface area contributed by atoms with Crippen molar-refractivity contribution >= 4 is 48.4 Å². The minimum Gasteiger partial charge on any atom is -0.358 e. The normalized spacial score (nSPS) is 13.7. The van der Waals surface area contributed by atoms with Crippen LogP contribution in [0.2, 0.25) is 5.02 Å². The average Bonchev–Trinajstić information content (AvgIpc) is 3.05. The number of aromatic amines is 1. The maximum Gasteiger partial charge on any atom is 0.332 e. The lowest BCUT2D eigenvalue weighted by molar-refractivity contribution is 0.418. The fourth-order valence-corrected chi connectivity index (χ4v) is 4.90. The first kappa shape index (κ1) is 22.6. The number of hydrogen-bond donors (Lipinski definition) is 2. The van der Waals surface area contributed by atoms with E-state index in [4.69, 9.17) is 11.6 Å². The molecule has 0 bridgehead atoms. The Morgan fingerprint density at radius 3 is 2.17 bits per heavy atom. The van der Waals surface area contributed by atoms with Crippen molar-refractivity contribution in [1.82, 2.24) is 4.98 Å². The summed E-state index contributed by atoms with van der Waals surface area (Å²) in [5.74, 6) is 0.888. The van der Waals surface area contributed by atoms with Crippen molar-refractivity contribution in [2.24, 2.45) is 11.8 Å². The van der Waals surface area contributed by atoms with Gasteiger partial charge in [-0.05, 0) is 54.2 Å². The van der Waals surface area contributed by atoms with Gasteiger partial charge in [-0.2, -0.15) is 8.42 Å². The lowest BCUT2D eigenvalue weighted by Crippen LogP contribution is -2.14. The zero-order valence-corrected chi connectivity index (χ0v) is 19.0. The quantitative estimate of drug-likeness (QED) is 0.467. The Labute approximate surface area is 180 Å². The van der Waals surface area contributed by atoms with E-state index in [1.807, 2.05) is 6.07 Å². The second kappa shape index (κ2) is 8.20. The van der Waals surface area contributed by atoms with Gasteiger partial charge in [0.05, 0.1) is 26.0 Å². The van der Waals surface area contributed by atoms with Gasteiger partial charge < -0.3 is 4.98 Å². The highest BCUT2D eigenvalue weighted by Crippen LogP contribution is 2.35. The van der Waals surface area contributed by atoms with Crippen molar-refractivity contribution in [1.29, 1.82) is 0 Å². The number of H-pyrrole nitrogens is 1. The predicted octanol–water partition coefficient (Wildman–Crippen LogP) is 5.11. The summed E-state index contributed by atoms with van der Waals surface area (Å²) in [4.78, 5) is 2.21. The third-order valence-corrected chi connectivity index (χ3v) is 7.73. The van der Waals surface area contributed by atoms with E-state index in [1.165, 1.54) is 0 Å². The van der Waals surface area contributed by atoms with Crippen molar-refractivity contribution in [2.75, 3.05) is 4.72 Å². The number of nitrogens with one attached hydrogen (secondary N) is 2. The van der Waals surface area contributed by atoms with Gasteiger partial charge in [-0.25, -0.2) is 8.42 Å². The monoisotopic (exact) mass is 472 g/mol. The topological polar surface area (TPSA) is 96.1 Å². The molecule has 0 saturated heterocycles. The molecule has 2 aromatic carbocycles. The van der Waals surface area contributed by atoms with E-state index >= 15 is 0 Å². The Bertz CT molecular complexity index is 1280. The summed E-state index contributed by atoms with van der Waals surface area (Å²) in [6.45, 7) is 6.43. The summed E-state index contributed by atoms with van der Waals surface area (Å²) in [6, 6.07) is 7.38. The molecule has 1 atom stereocenters. The van der Waals surface area contributed by atoms with Crippen molar-refractivity contribution in [3.63, 3.8) is 0 Å². The van der Waals surface area contributed by atoms with Crippen LogP contribution >= 0.6 is 11.6 Å². The Hall–Kier alpha value is -2.10. The van der Waals surface area contributed by atoms with Crippen molar-refractivity contribution in [2.45, 2.75) is 37.0 Å². The van der Waals surface area contributed by atoms with Gasteiger partial charge in [0.25, 0.3) is 10.0 Å². The van der Waals surface area contributed by atoms with Crippen LogP contribution in [-0.4, -0.2) is 21.8 Å². The molecule has 1 heterocycles. The maximum atomic E-state index is 13.0. The molecule has 0 saturated carbocycles. The maximum absolute atomic E-state index is 13.0. The minimum atomic E-state index is -4.91. The molecular weight excluding hydrogens is 451 g/mol. The first-order valence-electron chi connectivity index (χ1n) is 9.26. The molecule has 10 heteroatoms. The van der Waals surface area contributed by atoms with E-state index in [9.17, 15) is 20.7 Å². The van der Waals surface area contributed by atoms with Crippen LogP contribution < -0.4 is 4.72 Å². The van der Waals surface area contributed by atoms with Crippen molar-refractivity contribution in [3.05, 3.63) is 53.2 Å². The van der Waals surface area contributed by atoms with Crippen LogP contribution in [0.15, 0.2) is 52.4 Å². The summed E-state index contributed by atoms with van der Waals surface area (Å²) in [7, 11) is -8.94. The molecule has 0 aliphatic carbocycles. The third-order valence-electron chi connectivity index (χ3n) is 5.21. The lowest BCUT2D eigenvalue weighted by Gasteiger charge is -2.17. The zero-order chi connectivity index (χ0) is 22.3. The van der Waals surface area contributed by atoms with Crippen LogP contribution in [-0.2, 0) is 26.7 Å². The summed E-state index contributed by atoms with van der Waals surface area (Å²) in [6.07, 6.45) is 2.40. The molecule has 0 radical (unpaired) electrons. The molecule has 3 aromatic rings. The van der Waals surface area contributed by atoms with Gasteiger partial charge >= 0.3 is 10.2 Å². The van der Waals surface area contributed by atoms with Gasteiger partial charge in [0.15, 0.2) is 0 Å². The highest BCUT2D eigenvalue weighted by atomic mass is 35.5. The third kappa shape index (κ3) is 4.63. The van der Waals surface area contributed by atoms with Gasteiger partial charge in [-0.1, -0.05) is 38.4 Å². The molecule has 1 aromatic heterocycles. The molecule has 1 unspecified atom stereocenters. The number of anilines is 1. The molecule has 0 spiro atoms. The van der Waals surface area contributed by atoms with Gasteiger partial charge in [0.2, 0.25) is 0 Å². The highest BCUT2D eigenvalue weighted by Gasteiger charge is 2.21. The predicted molar refractivity (Wildman–Crippen MR) is 117 cm³/mol. The molecule has 0 aliphatic rings. The Morgan fingerprint density at radius 2 is 1.60 bits per heavy atom. The van der Waals surface area contributed by atoms with Gasteiger partial charge in [-0.15, -0.1) is 3.89 Å². The second-order valence-corrected chi connectivity index (χ2v) is 11.0. The van der Waals surface area contributed by atoms with E-state index in [0.29, 0.717) is 28.1 Å². The molecule has 3 rings (SSSR count). The summed E-state index contributed by atoms with van der Waals surface area (Å²) in [5.41, 5.74) is 1.87. The second-order valence-electron chi connectivity index (χ2n) is 7.60. The van der Waals surface area contributed by atoms with E-state index in [1.54, 1.807) is 12.3 Å². The van der Waals surface area contributed by atoms with Crippen LogP contribution in [0.25, 0.3) is 10.9 Å². The number of halogens is 2. The van der Waals surface area contributed by atoms with Crippen molar-refractivity contribution in [3.8, 4) is 0 Å². The average molecular weight is 473 g/mol. The van der Waals surface area contributed by atoms with E-state index in [-0.39, 0.29) is 4.90 Å². The molecule has 30 heavy (non-hydrogen) atoms. The first-order valence-corrected chi connectivity index (χ1v) is 12.5. The summed E-state index contributed by atoms with van der Waals surface area (Å²) >= 11 is 6.36. The van der Waals surface area contributed by atoms with E-state index in [0.717, 1.165) is 41.6 Å². The highest BCUT2D eigenvalue weighted by molar-refractivity contribution is 7.92. The smallest absolute Gasteiger partial charge is 0.332 e. The molecule has 0 aliphatic heterocycles. The first-order chi connectivity index (χ1) is 13.9. The number of benzene rings is 2. The Morgan fingerprint density at radius 1 is 1.00 bits per heavy atom. The summed E-state index contributed by atoms with van der Waals surface area (Å²) in [5, 5.41) is 1.25. The van der Waals surface area contributed by atoms with Gasteiger partial charge in [0.1, 0.15) is 0 Å².